The van der Waals surface area contributed by atoms with Crippen molar-refractivity contribution < 1.29 is 9.84 Å². The minimum atomic E-state index is -0.605. The number of hydrogen-bond donors (Lipinski definition) is 1. The second kappa shape index (κ2) is 5.38. The molecule has 0 heterocycles. The largest absolute Gasteiger partial charge is 0.490 e. The monoisotopic (exact) mass is 228 g/mol. The molecule has 2 nitrogen and oxygen atoms in total. The molecule has 15 heavy (non-hydrogen) atoms. The Hall–Kier alpha value is -0.730. The second-order valence-corrected chi connectivity index (χ2v) is 4.16. The van der Waals surface area contributed by atoms with Gasteiger partial charge in [0.05, 0.1) is 5.88 Å². The lowest BCUT2D eigenvalue weighted by Crippen LogP contribution is -2.19. The van der Waals surface area contributed by atoms with Gasteiger partial charge in [-0.1, -0.05) is 17.7 Å². The van der Waals surface area contributed by atoms with E-state index in [-0.39, 0.29) is 12.5 Å². The fourth-order valence-electron chi connectivity index (χ4n) is 1.62. The van der Waals surface area contributed by atoms with Crippen LogP contribution in [0.1, 0.15) is 16.7 Å². The number of aliphatic hydroxyl groups is 1. The van der Waals surface area contributed by atoms with Crippen molar-refractivity contribution in [3.63, 3.8) is 0 Å². The predicted molar refractivity (Wildman–Crippen MR) is 62.9 cm³/mol. The van der Waals surface area contributed by atoms with E-state index >= 15 is 0 Å². The predicted octanol–water partition coefficient (Wildman–Crippen LogP) is 2.59. The van der Waals surface area contributed by atoms with Gasteiger partial charge in [0.25, 0.3) is 0 Å². The normalized spacial score (nSPS) is 12.6. The van der Waals surface area contributed by atoms with E-state index in [9.17, 15) is 5.11 Å². The maximum absolute atomic E-state index is 9.30. The molecule has 3 heteroatoms. The van der Waals surface area contributed by atoms with Crippen LogP contribution in [0.5, 0.6) is 5.75 Å². The van der Waals surface area contributed by atoms with Crippen molar-refractivity contribution in [2.24, 2.45) is 0 Å². The summed E-state index contributed by atoms with van der Waals surface area (Å²) < 4.78 is 5.54. The molecular weight excluding hydrogens is 212 g/mol. The molecule has 0 unspecified atom stereocenters. The topological polar surface area (TPSA) is 29.5 Å². The number of halogens is 1. The third-order valence-corrected chi connectivity index (χ3v) is 2.56. The Morgan fingerprint density at radius 2 is 1.80 bits per heavy atom. The van der Waals surface area contributed by atoms with Crippen molar-refractivity contribution in [1.29, 1.82) is 0 Å². The molecule has 1 atom stereocenters. The molecule has 0 aromatic heterocycles. The summed E-state index contributed by atoms with van der Waals surface area (Å²) in [6, 6.07) is 4.13. The molecule has 0 aliphatic heterocycles. The van der Waals surface area contributed by atoms with Crippen LogP contribution in [0.25, 0.3) is 0 Å². The Morgan fingerprint density at radius 1 is 1.27 bits per heavy atom. The van der Waals surface area contributed by atoms with Crippen LogP contribution in [0.3, 0.4) is 0 Å². The first kappa shape index (κ1) is 12.3. The Kier molecular flexibility index (Phi) is 4.43. The average Bonchev–Trinajstić information content (AvgIpc) is 2.15. The van der Waals surface area contributed by atoms with Gasteiger partial charge in [0.2, 0.25) is 0 Å². The molecule has 0 saturated heterocycles. The van der Waals surface area contributed by atoms with E-state index in [2.05, 4.69) is 19.1 Å². The van der Waals surface area contributed by atoms with Crippen LogP contribution in [-0.4, -0.2) is 23.7 Å². The number of alkyl halides is 1. The van der Waals surface area contributed by atoms with E-state index in [1.54, 1.807) is 0 Å². The molecule has 0 saturated carbocycles. The summed E-state index contributed by atoms with van der Waals surface area (Å²) in [5.41, 5.74) is 3.40. The maximum atomic E-state index is 9.30. The second-order valence-electron chi connectivity index (χ2n) is 3.85. The molecule has 0 fully saturated rings. The zero-order chi connectivity index (χ0) is 11.4. The quantitative estimate of drug-likeness (QED) is 0.803. The van der Waals surface area contributed by atoms with Gasteiger partial charge in [-0.2, -0.15) is 0 Å². The molecule has 0 amide bonds. The lowest BCUT2D eigenvalue weighted by atomic mass is 10.1. The molecule has 0 radical (unpaired) electrons. The van der Waals surface area contributed by atoms with E-state index in [1.807, 2.05) is 13.8 Å². The van der Waals surface area contributed by atoms with Crippen LogP contribution in [0, 0.1) is 20.8 Å². The fourth-order valence-corrected chi connectivity index (χ4v) is 1.71. The first-order valence-electron chi connectivity index (χ1n) is 4.99. The number of rotatable bonds is 4. The van der Waals surface area contributed by atoms with Gasteiger partial charge in [-0.25, -0.2) is 0 Å². The van der Waals surface area contributed by atoms with E-state index in [0.29, 0.717) is 0 Å². The van der Waals surface area contributed by atoms with Gasteiger partial charge in [0, 0.05) is 0 Å². The van der Waals surface area contributed by atoms with E-state index in [4.69, 9.17) is 16.3 Å². The molecular formula is C12H17ClO2. The van der Waals surface area contributed by atoms with Crippen LogP contribution in [0.2, 0.25) is 0 Å². The van der Waals surface area contributed by atoms with Crippen molar-refractivity contribution in [1.82, 2.24) is 0 Å². The summed E-state index contributed by atoms with van der Waals surface area (Å²) >= 11 is 5.49. The first-order chi connectivity index (χ1) is 7.04. The van der Waals surface area contributed by atoms with Crippen molar-refractivity contribution in [3.05, 3.63) is 28.8 Å². The maximum Gasteiger partial charge on any atom is 0.125 e. The number of hydrogen-bond acceptors (Lipinski definition) is 2. The van der Waals surface area contributed by atoms with Gasteiger partial charge < -0.3 is 9.84 Å². The number of ether oxygens (including phenoxy) is 1. The van der Waals surface area contributed by atoms with Crippen molar-refractivity contribution in [2.45, 2.75) is 26.9 Å². The molecule has 1 aromatic carbocycles. The number of benzene rings is 1. The third-order valence-electron chi connectivity index (χ3n) is 2.20. The molecule has 1 rings (SSSR count). The Morgan fingerprint density at radius 3 is 2.27 bits per heavy atom. The molecule has 84 valence electrons. The lowest BCUT2D eigenvalue weighted by molar-refractivity contribution is 0.124. The summed E-state index contributed by atoms with van der Waals surface area (Å²) in [7, 11) is 0. The number of aliphatic hydroxyl groups excluding tert-OH is 1. The fraction of sp³-hybridized carbons (Fsp3) is 0.500. The summed E-state index contributed by atoms with van der Waals surface area (Å²) in [5.74, 6) is 1.05. The minimum absolute atomic E-state index is 0.198. The van der Waals surface area contributed by atoms with Crippen molar-refractivity contribution in [3.8, 4) is 5.75 Å². The molecule has 0 spiro atoms. The van der Waals surface area contributed by atoms with E-state index in [0.717, 1.165) is 16.9 Å². The zero-order valence-electron chi connectivity index (χ0n) is 9.38. The summed E-state index contributed by atoms with van der Waals surface area (Å²) in [4.78, 5) is 0. The van der Waals surface area contributed by atoms with Gasteiger partial charge in [0.1, 0.15) is 18.5 Å². The van der Waals surface area contributed by atoms with Gasteiger partial charge in [-0.05, 0) is 31.9 Å². The van der Waals surface area contributed by atoms with Crippen LogP contribution < -0.4 is 4.74 Å². The van der Waals surface area contributed by atoms with Crippen molar-refractivity contribution in [2.75, 3.05) is 12.5 Å². The highest BCUT2D eigenvalue weighted by Gasteiger charge is 2.08. The third kappa shape index (κ3) is 3.40. The Bertz CT molecular complexity index is 313. The zero-order valence-corrected chi connectivity index (χ0v) is 10.1. The van der Waals surface area contributed by atoms with Gasteiger partial charge in [-0.15, -0.1) is 11.6 Å². The summed E-state index contributed by atoms with van der Waals surface area (Å²) in [6.45, 7) is 6.30. The molecule has 0 bridgehead atoms. The van der Waals surface area contributed by atoms with E-state index < -0.39 is 6.10 Å². The standard InChI is InChI=1S/C12H17ClO2/c1-8-4-9(2)12(10(3)5-8)15-7-11(14)6-13/h4-5,11,14H,6-7H2,1-3H3/t11-/m0/s1. The van der Waals surface area contributed by atoms with Crippen LogP contribution in [-0.2, 0) is 0 Å². The Labute approximate surface area is 95.8 Å². The molecule has 1 N–H and O–H groups in total. The highest BCUT2D eigenvalue weighted by molar-refractivity contribution is 6.18. The van der Waals surface area contributed by atoms with Crippen molar-refractivity contribution >= 4 is 11.6 Å². The van der Waals surface area contributed by atoms with Gasteiger partial charge >= 0.3 is 0 Å². The lowest BCUT2D eigenvalue weighted by Gasteiger charge is -2.14. The summed E-state index contributed by atoms with van der Waals surface area (Å²) in [5, 5.41) is 9.30. The van der Waals surface area contributed by atoms with Gasteiger partial charge in [-0.3, -0.25) is 0 Å². The van der Waals surface area contributed by atoms with Gasteiger partial charge in [0.15, 0.2) is 0 Å². The summed E-state index contributed by atoms with van der Waals surface area (Å²) in [6.07, 6.45) is -0.605. The highest BCUT2D eigenvalue weighted by atomic mass is 35.5. The van der Waals surface area contributed by atoms with E-state index in [1.165, 1.54) is 5.56 Å². The van der Waals surface area contributed by atoms with Crippen LogP contribution >= 0.6 is 11.6 Å². The minimum Gasteiger partial charge on any atom is -0.490 e. The first-order valence-corrected chi connectivity index (χ1v) is 5.52. The number of aryl methyl sites for hydroxylation is 3. The van der Waals surface area contributed by atoms with Crippen LogP contribution in [0.15, 0.2) is 12.1 Å². The highest BCUT2D eigenvalue weighted by Crippen LogP contribution is 2.24. The SMILES string of the molecule is Cc1cc(C)c(OC[C@@H](O)CCl)c(C)c1. The smallest absolute Gasteiger partial charge is 0.125 e. The average molecular weight is 229 g/mol. The molecule has 0 aliphatic carbocycles. The molecule has 0 aliphatic rings. The van der Waals surface area contributed by atoms with Crippen LogP contribution in [0.4, 0.5) is 0 Å². The molecule has 1 aromatic rings. The Balaban J connectivity index is 2.77.